The predicted octanol–water partition coefficient (Wildman–Crippen LogP) is 2.51. The van der Waals surface area contributed by atoms with Gasteiger partial charge in [-0.2, -0.15) is 0 Å². The summed E-state index contributed by atoms with van der Waals surface area (Å²) in [4.78, 5) is 4.11. The zero-order valence-electron chi connectivity index (χ0n) is 13.6. The van der Waals surface area contributed by atoms with Gasteiger partial charge >= 0.3 is 0 Å². The highest BCUT2D eigenvalue weighted by atomic mass is 127. The van der Waals surface area contributed by atoms with Crippen LogP contribution in [0.3, 0.4) is 0 Å². The quantitative estimate of drug-likeness (QED) is 0.235. The molecule has 10 heteroatoms. The average molecular weight is 495 g/mol. The summed E-state index contributed by atoms with van der Waals surface area (Å²) < 4.78 is 27.2. The molecule has 0 amide bonds. The Labute approximate surface area is 164 Å². The van der Waals surface area contributed by atoms with E-state index in [4.69, 9.17) is 11.6 Å². The number of thiophene rings is 1. The van der Waals surface area contributed by atoms with Gasteiger partial charge < -0.3 is 10.6 Å². The Balaban J connectivity index is 0.00000484. The minimum absolute atomic E-state index is 0. The second-order valence-corrected chi connectivity index (χ2v) is 8.84. The maximum atomic E-state index is 12.0. The first kappa shape index (κ1) is 22.9. The van der Waals surface area contributed by atoms with E-state index in [0.29, 0.717) is 22.8 Å². The number of aliphatic imine (C=N–C) groups is 1. The summed E-state index contributed by atoms with van der Waals surface area (Å²) in [6.07, 6.45) is 0. The van der Waals surface area contributed by atoms with Gasteiger partial charge in [-0.25, -0.2) is 13.1 Å². The van der Waals surface area contributed by atoms with E-state index in [-0.39, 0.29) is 40.8 Å². The molecule has 1 aromatic heterocycles. The molecule has 1 aromatic rings. The molecule has 0 aliphatic carbocycles. The zero-order chi connectivity index (χ0) is 16.8. The molecule has 3 N–H and O–H groups in total. The number of hydrogen-bond donors (Lipinski definition) is 3. The second kappa shape index (κ2) is 10.7. The Morgan fingerprint density at radius 1 is 1.30 bits per heavy atom. The minimum atomic E-state index is -3.50. The van der Waals surface area contributed by atoms with Gasteiger partial charge in [0, 0.05) is 26.2 Å². The Hall–Kier alpha value is -0.100. The summed E-state index contributed by atoms with van der Waals surface area (Å²) in [6, 6.07) is 3.34. The van der Waals surface area contributed by atoms with Crippen molar-refractivity contribution >= 4 is 62.9 Å². The van der Waals surface area contributed by atoms with E-state index in [1.54, 1.807) is 13.1 Å². The number of hydrogen-bond acceptors (Lipinski definition) is 4. The lowest BCUT2D eigenvalue weighted by Gasteiger charge is -2.20. The molecule has 0 fully saturated rings. The smallest absolute Gasteiger partial charge is 0.250 e. The first-order valence-corrected chi connectivity index (χ1v) is 9.66. The van der Waals surface area contributed by atoms with Crippen LogP contribution in [0.1, 0.15) is 20.8 Å². The van der Waals surface area contributed by atoms with Crippen molar-refractivity contribution in [1.29, 1.82) is 0 Å². The Kier molecular flexibility index (Phi) is 10.7. The lowest BCUT2D eigenvalue weighted by Crippen LogP contribution is -2.46. The highest BCUT2D eigenvalue weighted by Crippen LogP contribution is 2.25. The molecule has 23 heavy (non-hydrogen) atoms. The average Bonchev–Trinajstić information content (AvgIpc) is 2.89. The number of rotatable bonds is 7. The maximum Gasteiger partial charge on any atom is 0.250 e. The van der Waals surface area contributed by atoms with Crippen LogP contribution >= 0.6 is 46.9 Å². The summed E-state index contributed by atoms with van der Waals surface area (Å²) in [5.74, 6) is 1.13. The highest BCUT2D eigenvalue weighted by Gasteiger charge is 2.16. The van der Waals surface area contributed by atoms with Crippen molar-refractivity contribution < 1.29 is 8.42 Å². The Bertz CT molecular complexity index is 605. The number of guanidine groups is 1. The third-order valence-corrected chi connectivity index (χ3v) is 6.29. The van der Waals surface area contributed by atoms with Crippen LogP contribution in [-0.4, -0.2) is 40.6 Å². The van der Waals surface area contributed by atoms with Crippen molar-refractivity contribution in [1.82, 2.24) is 15.4 Å². The van der Waals surface area contributed by atoms with E-state index in [9.17, 15) is 8.42 Å². The molecule has 0 spiro atoms. The fraction of sp³-hybridized carbons (Fsp3) is 0.615. The van der Waals surface area contributed by atoms with Crippen LogP contribution in [0.5, 0.6) is 0 Å². The van der Waals surface area contributed by atoms with Crippen molar-refractivity contribution in [2.24, 2.45) is 10.9 Å². The molecule has 0 radical (unpaired) electrons. The van der Waals surface area contributed by atoms with Crippen molar-refractivity contribution in [3.63, 3.8) is 0 Å². The van der Waals surface area contributed by atoms with Gasteiger partial charge in [0.2, 0.25) is 10.0 Å². The van der Waals surface area contributed by atoms with Crippen LogP contribution in [0.15, 0.2) is 21.3 Å². The first-order valence-electron chi connectivity index (χ1n) is 6.98. The van der Waals surface area contributed by atoms with Gasteiger partial charge in [-0.1, -0.05) is 25.4 Å². The number of halogens is 2. The molecular weight excluding hydrogens is 471 g/mol. The molecule has 0 aliphatic rings. The van der Waals surface area contributed by atoms with E-state index in [1.807, 2.05) is 0 Å². The summed E-state index contributed by atoms with van der Waals surface area (Å²) in [5, 5.41) is 6.32. The van der Waals surface area contributed by atoms with Gasteiger partial charge in [-0.3, -0.25) is 4.99 Å². The van der Waals surface area contributed by atoms with E-state index in [2.05, 4.69) is 41.1 Å². The Morgan fingerprint density at radius 3 is 2.43 bits per heavy atom. The van der Waals surface area contributed by atoms with Gasteiger partial charge in [0.1, 0.15) is 4.21 Å². The third-order valence-electron chi connectivity index (χ3n) is 3.11. The fourth-order valence-electron chi connectivity index (χ4n) is 1.46. The molecule has 134 valence electrons. The van der Waals surface area contributed by atoms with Gasteiger partial charge in [0.25, 0.3) is 0 Å². The number of nitrogens with zero attached hydrogens (tertiary/aromatic N) is 1. The van der Waals surface area contributed by atoms with Crippen LogP contribution < -0.4 is 15.4 Å². The van der Waals surface area contributed by atoms with E-state index in [1.165, 1.54) is 6.07 Å². The van der Waals surface area contributed by atoms with Gasteiger partial charge in [0.15, 0.2) is 5.96 Å². The highest BCUT2D eigenvalue weighted by molar-refractivity contribution is 14.0. The van der Waals surface area contributed by atoms with Crippen LogP contribution in [0.4, 0.5) is 0 Å². The van der Waals surface area contributed by atoms with Crippen molar-refractivity contribution in [2.75, 3.05) is 20.1 Å². The molecule has 1 heterocycles. The molecule has 6 nitrogen and oxygen atoms in total. The molecule has 1 unspecified atom stereocenters. The van der Waals surface area contributed by atoms with E-state index in [0.717, 1.165) is 11.3 Å². The molecule has 1 rings (SSSR count). The van der Waals surface area contributed by atoms with Crippen LogP contribution in [0, 0.1) is 5.92 Å². The molecule has 0 saturated carbocycles. The van der Waals surface area contributed by atoms with Crippen molar-refractivity contribution in [2.45, 2.75) is 31.0 Å². The van der Waals surface area contributed by atoms with Gasteiger partial charge in [-0.15, -0.1) is 35.3 Å². The van der Waals surface area contributed by atoms with Crippen LogP contribution in [-0.2, 0) is 10.0 Å². The van der Waals surface area contributed by atoms with Gasteiger partial charge in [-0.05, 0) is 25.0 Å². The molecule has 0 aliphatic heterocycles. The summed E-state index contributed by atoms with van der Waals surface area (Å²) in [6.45, 7) is 6.99. The topological polar surface area (TPSA) is 82.6 Å². The third kappa shape index (κ3) is 8.01. The molecule has 1 atom stereocenters. The lowest BCUT2D eigenvalue weighted by molar-refractivity contribution is 0.481. The number of nitrogens with one attached hydrogen (secondary N) is 3. The van der Waals surface area contributed by atoms with E-state index >= 15 is 0 Å². The molecule has 0 bridgehead atoms. The van der Waals surface area contributed by atoms with Crippen molar-refractivity contribution in [3.8, 4) is 0 Å². The van der Waals surface area contributed by atoms with Crippen LogP contribution in [0.2, 0.25) is 4.34 Å². The summed E-state index contributed by atoms with van der Waals surface area (Å²) in [7, 11) is -1.82. The molecule has 0 saturated heterocycles. The zero-order valence-corrected chi connectivity index (χ0v) is 18.3. The lowest BCUT2D eigenvalue weighted by atomic mass is 10.1. The summed E-state index contributed by atoms with van der Waals surface area (Å²) >= 11 is 6.79. The van der Waals surface area contributed by atoms with Gasteiger partial charge in [0.05, 0.1) is 4.34 Å². The SMILES string of the molecule is CN=C(NCCNS(=O)(=O)c1ccc(Cl)s1)NC(C)C(C)C.I. The van der Waals surface area contributed by atoms with Crippen molar-refractivity contribution in [3.05, 3.63) is 16.5 Å². The van der Waals surface area contributed by atoms with E-state index < -0.39 is 10.0 Å². The van der Waals surface area contributed by atoms with Crippen LogP contribution in [0.25, 0.3) is 0 Å². The molecule has 0 aromatic carbocycles. The maximum absolute atomic E-state index is 12.0. The second-order valence-electron chi connectivity index (χ2n) is 5.13. The first-order chi connectivity index (χ1) is 10.3. The monoisotopic (exact) mass is 494 g/mol. The fourth-order valence-corrected chi connectivity index (χ4v) is 4.02. The predicted molar refractivity (Wildman–Crippen MR) is 109 cm³/mol. The standard InChI is InChI=1S/C13H23ClN4O2S2.HI/c1-9(2)10(3)18-13(15-4)16-7-8-17-22(19,20)12-6-5-11(14)21-12;/h5-6,9-10,17H,7-8H2,1-4H3,(H2,15,16,18);1H. The molecular formula is C13H24ClIN4O2S2. The minimum Gasteiger partial charge on any atom is -0.355 e. The summed E-state index contributed by atoms with van der Waals surface area (Å²) in [5.41, 5.74) is 0. The normalized spacial score (nSPS) is 13.6. The Morgan fingerprint density at radius 2 is 1.96 bits per heavy atom. The number of sulfonamides is 1. The largest absolute Gasteiger partial charge is 0.355 e.